The van der Waals surface area contributed by atoms with Crippen LogP contribution in [0.3, 0.4) is 0 Å². The summed E-state index contributed by atoms with van der Waals surface area (Å²) < 4.78 is 2.32. The van der Waals surface area contributed by atoms with Gasteiger partial charge in [-0.15, -0.1) is 0 Å². The molecule has 0 fully saturated rings. The minimum atomic E-state index is -0.0718. The number of carbonyl (C=O) groups is 1. The number of aromatic nitrogens is 2. The van der Waals surface area contributed by atoms with Crippen LogP contribution in [0.25, 0.3) is 0 Å². The quantitative estimate of drug-likeness (QED) is 0.794. The molecule has 0 amide bonds. The minimum absolute atomic E-state index is 0.0718. The molecular weight excluding hydrogens is 256 g/mol. The van der Waals surface area contributed by atoms with E-state index in [-0.39, 0.29) is 5.91 Å². The largest absolute Gasteiger partial charge is 0.270 e. The number of nitrogens with zero attached hydrogens (tertiary/aromatic N) is 2. The van der Waals surface area contributed by atoms with Gasteiger partial charge in [0.15, 0.2) is 0 Å². The maximum Gasteiger partial charge on any atom is 0.264 e. The summed E-state index contributed by atoms with van der Waals surface area (Å²) in [5, 5.41) is 0. The van der Waals surface area contributed by atoms with Crippen molar-refractivity contribution in [2.45, 2.75) is 6.92 Å². The van der Waals surface area contributed by atoms with Crippen LogP contribution in [0.4, 0.5) is 0 Å². The molecule has 0 radical (unpaired) electrons. The second kappa shape index (κ2) is 3.98. The first-order chi connectivity index (χ1) is 7.20. The molecule has 0 saturated carbocycles. The van der Waals surface area contributed by atoms with Crippen molar-refractivity contribution in [1.29, 1.82) is 0 Å². The zero-order valence-corrected chi connectivity index (χ0v) is 9.73. The number of halogens is 1. The highest BCUT2D eigenvalue weighted by Gasteiger charge is 2.12. The van der Waals surface area contributed by atoms with Crippen molar-refractivity contribution in [2.75, 3.05) is 0 Å². The van der Waals surface area contributed by atoms with Gasteiger partial charge in [0.2, 0.25) is 0 Å². The summed E-state index contributed by atoms with van der Waals surface area (Å²) in [5.41, 5.74) is 0.638. The van der Waals surface area contributed by atoms with E-state index in [1.54, 1.807) is 25.4 Å². The molecule has 1 aromatic heterocycles. The Kier molecular flexibility index (Phi) is 2.68. The Hall–Kier alpha value is -1.42. The third-order valence-electron chi connectivity index (χ3n) is 2.15. The molecule has 4 heteroatoms. The van der Waals surface area contributed by atoms with Gasteiger partial charge in [0, 0.05) is 16.9 Å². The van der Waals surface area contributed by atoms with Gasteiger partial charge in [0.25, 0.3) is 5.91 Å². The van der Waals surface area contributed by atoms with E-state index in [0.717, 1.165) is 4.47 Å². The van der Waals surface area contributed by atoms with Crippen molar-refractivity contribution < 1.29 is 4.79 Å². The van der Waals surface area contributed by atoms with Crippen LogP contribution >= 0.6 is 15.9 Å². The lowest BCUT2D eigenvalue weighted by molar-refractivity contribution is 0.0957. The van der Waals surface area contributed by atoms with E-state index in [0.29, 0.717) is 11.4 Å². The third kappa shape index (κ3) is 1.85. The number of hydrogen-bond acceptors (Lipinski definition) is 2. The zero-order chi connectivity index (χ0) is 10.8. The Morgan fingerprint density at radius 3 is 2.73 bits per heavy atom. The Bertz CT molecular complexity index is 505. The van der Waals surface area contributed by atoms with Crippen LogP contribution in [0.1, 0.15) is 16.2 Å². The molecule has 15 heavy (non-hydrogen) atoms. The lowest BCUT2D eigenvalue weighted by atomic mass is 10.2. The molecule has 0 unspecified atom stereocenters. The Balaban J connectivity index is 2.46. The molecule has 76 valence electrons. The highest BCUT2D eigenvalue weighted by Crippen LogP contribution is 2.17. The lowest BCUT2D eigenvalue weighted by Crippen LogP contribution is -2.13. The van der Waals surface area contributed by atoms with Crippen molar-refractivity contribution >= 4 is 21.8 Å². The number of aryl methyl sites for hydroxylation is 1. The summed E-state index contributed by atoms with van der Waals surface area (Å²) in [4.78, 5) is 16.1. The fourth-order valence-corrected chi connectivity index (χ4v) is 1.81. The molecule has 0 bridgehead atoms. The molecule has 0 atom stereocenters. The summed E-state index contributed by atoms with van der Waals surface area (Å²) in [5.74, 6) is 0.619. The SMILES string of the molecule is Cc1nccn1C(=O)c1ccccc1Br. The summed E-state index contributed by atoms with van der Waals surface area (Å²) in [7, 11) is 0. The molecule has 0 N–H and O–H groups in total. The molecule has 0 aliphatic carbocycles. The average Bonchev–Trinajstić information content (AvgIpc) is 2.64. The van der Waals surface area contributed by atoms with E-state index in [1.807, 2.05) is 18.2 Å². The average molecular weight is 265 g/mol. The van der Waals surface area contributed by atoms with Crippen LogP contribution in [0.2, 0.25) is 0 Å². The molecule has 2 rings (SSSR count). The number of imidazole rings is 1. The van der Waals surface area contributed by atoms with Gasteiger partial charge in [0.05, 0.1) is 5.56 Å². The number of carbonyl (C=O) groups excluding carboxylic acids is 1. The minimum Gasteiger partial charge on any atom is -0.270 e. The summed E-state index contributed by atoms with van der Waals surface area (Å²) in [6.45, 7) is 1.80. The van der Waals surface area contributed by atoms with E-state index in [9.17, 15) is 4.79 Å². The molecule has 1 heterocycles. The van der Waals surface area contributed by atoms with Crippen molar-refractivity contribution in [3.05, 3.63) is 52.5 Å². The molecule has 0 saturated heterocycles. The van der Waals surface area contributed by atoms with Crippen molar-refractivity contribution in [1.82, 2.24) is 9.55 Å². The molecule has 2 aromatic rings. The van der Waals surface area contributed by atoms with E-state index in [4.69, 9.17) is 0 Å². The first-order valence-electron chi connectivity index (χ1n) is 4.49. The molecule has 0 spiro atoms. The number of hydrogen-bond donors (Lipinski definition) is 0. The van der Waals surface area contributed by atoms with Gasteiger partial charge in [-0.25, -0.2) is 4.98 Å². The molecule has 3 nitrogen and oxygen atoms in total. The molecule has 0 aliphatic rings. The van der Waals surface area contributed by atoms with Crippen molar-refractivity contribution in [3.63, 3.8) is 0 Å². The number of benzene rings is 1. The molecule has 1 aromatic carbocycles. The van der Waals surface area contributed by atoms with Gasteiger partial charge in [-0.05, 0) is 35.0 Å². The highest BCUT2D eigenvalue weighted by atomic mass is 79.9. The van der Waals surface area contributed by atoms with Gasteiger partial charge in [-0.3, -0.25) is 9.36 Å². The first-order valence-corrected chi connectivity index (χ1v) is 5.28. The molecular formula is C11H9BrN2O. The molecule has 0 aliphatic heterocycles. The first kappa shape index (κ1) is 10.1. The summed E-state index contributed by atoms with van der Waals surface area (Å²) >= 11 is 3.35. The third-order valence-corrected chi connectivity index (χ3v) is 2.84. The standard InChI is InChI=1S/C11H9BrN2O/c1-8-13-6-7-14(8)11(15)9-4-2-3-5-10(9)12/h2-7H,1H3. The summed E-state index contributed by atoms with van der Waals surface area (Å²) in [6, 6.07) is 7.34. The summed E-state index contributed by atoms with van der Waals surface area (Å²) in [6.07, 6.45) is 3.28. The highest BCUT2D eigenvalue weighted by molar-refractivity contribution is 9.10. The van der Waals surface area contributed by atoms with Gasteiger partial charge >= 0.3 is 0 Å². The fourth-order valence-electron chi connectivity index (χ4n) is 1.36. The Morgan fingerprint density at radius 2 is 2.13 bits per heavy atom. The van der Waals surface area contributed by atoms with Gasteiger partial charge in [-0.2, -0.15) is 0 Å². The van der Waals surface area contributed by atoms with Crippen molar-refractivity contribution in [3.8, 4) is 0 Å². The number of rotatable bonds is 1. The maximum atomic E-state index is 12.0. The monoisotopic (exact) mass is 264 g/mol. The van der Waals surface area contributed by atoms with Gasteiger partial charge in [0.1, 0.15) is 5.82 Å². The second-order valence-corrected chi connectivity index (χ2v) is 3.98. The Morgan fingerprint density at radius 1 is 1.40 bits per heavy atom. The zero-order valence-electron chi connectivity index (χ0n) is 8.14. The van der Waals surface area contributed by atoms with Gasteiger partial charge < -0.3 is 0 Å². The van der Waals surface area contributed by atoms with Crippen LogP contribution in [0.5, 0.6) is 0 Å². The van der Waals surface area contributed by atoms with E-state index < -0.39 is 0 Å². The van der Waals surface area contributed by atoms with Crippen molar-refractivity contribution in [2.24, 2.45) is 0 Å². The van der Waals surface area contributed by atoms with E-state index in [2.05, 4.69) is 20.9 Å². The van der Waals surface area contributed by atoms with Gasteiger partial charge in [-0.1, -0.05) is 12.1 Å². The van der Waals surface area contributed by atoms with Crippen LogP contribution in [0.15, 0.2) is 41.1 Å². The normalized spacial score (nSPS) is 10.3. The van der Waals surface area contributed by atoms with Crippen LogP contribution in [-0.2, 0) is 0 Å². The maximum absolute atomic E-state index is 12.0. The second-order valence-electron chi connectivity index (χ2n) is 3.13. The van der Waals surface area contributed by atoms with E-state index in [1.165, 1.54) is 4.57 Å². The van der Waals surface area contributed by atoms with Crippen LogP contribution in [-0.4, -0.2) is 15.5 Å². The smallest absolute Gasteiger partial charge is 0.264 e. The lowest BCUT2D eigenvalue weighted by Gasteiger charge is -2.05. The van der Waals surface area contributed by atoms with Crippen LogP contribution < -0.4 is 0 Å². The topological polar surface area (TPSA) is 34.9 Å². The predicted molar refractivity (Wildman–Crippen MR) is 60.8 cm³/mol. The Labute approximate surface area is 95.9 Å². The fraction of sp³-hybridized carbons (Fsp3) is 0.0909. The van der Waals surface area contributed by atoms with Crippen LogP contribution in [0, 0.1) is 6.92 Å². The van der Waals surface area contributed by atoms with E-state index >= 15 is 0 Å². The predicted octanol–water partition coefficient (Wildman–Crippen LogP) is 2.64.